The van der Waals surface area contributed by atoms with Gasteiger partial charge in [-0.25, -0.2) is 9.97 Å². The van der Waals surface area contributed by atoms with Gasteiger partial charge < -0.3 is 4.90 Å². The van der Waals surface area contributed by atoms with Crippen molar-refractivity contribution in [3.8, 4) is 0 Å². The van der Waals surface area contributed by atoms with Crippen LogP contribution < -0.4 is 4.90 Å². The Labute approximate surface area is 67.1 Å². The lowest BCUT2D eigenvalue weighted by atomic mass is 10.3. The molecule has 1 rings (SSSR count). The maximum Gasteiger partial charge on any atom is 0.224 e. The zero-order valence-electron chi connectivity index (χ0n) is 7.42. The highest BCUT2D eigenvalue weighted by Crippen LogP contribution is 2.06. The second-order valence-corrected chi connectivity index (χ2v) is 2.83. The van der Waals surface area contributed by atoms with E-state index in [2.05, 4.69) is 9.97 Å². The Hall–Kier alpha value is -1.12. The fourth-order valence-electron chi connectivity index (χ4n) is 0.730. The number of hydrogen-bond acceptors (Lipinski definition) is 3. The molecule has 0 bridgehead atoms. The molecule has 3 nitrogen and oxygen atoms in total. The Bertz CT molecular complexity index is 256. The van der Waals surface area contributed by atoms with E-state index in [0.29, 0.717) is 0 Å². The second-order valence-electron chi connectivity index (χ2n) is 2.83. The maximum absolute atomic E-state index is 4.29. The van der Waals surface area contributed by atoms with E-state index in [1.54, 1.807) is 0 Å². The van der Waals surface area contributed by atoms with Crippen LogP contribution in [0.5, 0.6) is 0 Å². The number of anilines is 1. The van der Waals surface area contributed by atoms with Crippen LogP contribution in [0.1, 0.15) is 11.3 Å². The Morgan fingerprint density at radius 1 is 1.27 bits per heavy atom. The van der Waals surface area contributed by atoms with Gasteiger partial charge in [0, 0.05) is 26.0 Å². The molecule has 0 aliphatic rings. The van der Waals surface area contributed by atoms with Gasteiger partial charge in [0.1, 0.15) is 0 Å². The zero-order valence-corrected chi connectivity index (χ0v) is 7.42. The molecule has 60 valence electrons. The molecular formula is C8H13N3. The molecule has 0 atom stereocenters. The summed E-state index contributed by atoms with van der Waals surface area (Å²) in [6.07, 6.45) is 1.84. The van der Waals surface area contributed by atoms with Gasteiger partial charge in [0.05, 0.1) is 0 Å². The number of aromatic nitrogens is 2. The van der Waals surface area contributed by atoms with Gasteiger partial charge in [0.25, 0.3) is 0 Å². The lowest BCUT2D eigenvalue weighted by Gasteiger charge is -2.10. The van der Waals surface area contributed by atoms with Crippen molar-refractivity contribution in [1.82, 2.24) is 9.97 Å². The Balaban J connectivity index is 3.05. The Kier molecular flexibility index (Phi) is 2.08. The van der Waals surface area contributed by atoms with Crippen LogP contribution in [-0.2, 0) is 0 Å². The van der Waals surface area contributed by atoms with E-state index >= 15 is 0 Å². The summed E-state index contributed by atoms with van der Waals surface area (Å²) in [5.74, 6) is 0.771. The molecule has 0 spiro atoms. The first-order valence-corrected chi connectivity index (χ1v) is 3.59. The number of aryl methyl sites for hydroxylation is 2. The molecule has 0 fully saturated rings. The molecule has 0 aliphatic carbocycles. The highest BCUT2D eigenvalue weighted by atomic mass is 15.2. The summed E-state index contributed by atoms with van der Waals surface area (Å²) in [6, 6.07) is 0. The van der Waals surface area contributed by atoms with Gasteiger partial charge in [-0.2, -0.15) is 0 Å². The number of rotatable bonds is 1. The van der Waals surface area contributed by atoms with Crippen molar-refractivity contribution in [2.24, 2.45) is 0 Å². The molecule has 0 unspecified atom stereocenters. The van der Waals surface area contributed by atoms with Gasteiger partial charge in [-0.3, -0.25) is 0 Å². The molecule has 1 aromatic rings. The van der Waals surface area contributed by atoms with E-state index in [-0.39, 0.29) is 0 Å². The molecule has 1 aromatic heterocycles. The molecule has 0 N–H and O–H groups in total. The first kappa shape index (κ1) is 7.98. The molecular weight excluding hydrogens is 138 g/mol. The molecule has 0 amide bonds. The molecule has 0 saturated heterocycles. The third-order valence-corrected chi connectivity index (χ3v) is 1.61. The molecule has 0 aliphatic heterocycles. The standard InChI is InChI=1S/C8H13N3/c1-6-5-9-8(11(3)4)10-7(6)2/h5H,1-4H3. The molecule has 0 saturated carbocycles. The summed E-state index contributed by atoms with van der Waals surface area (Å²) in [7, 11) is 3.87. The lowest BCUT2D eigenvalue weighted by molar-refractivity contribution is 0.963. The van der Waals surface area contributed by atoms with E-state index in [4.69, 9.17) is 0 Å². The lowest BCUT2D eigenvalue weighted by Crippen LogP contribution is -2.13. The van der Waals surface area contributed by atoms with Crippen molar-refractivity contribution in [3.05, 3.63) is 17.5 Å². The van der Waals surface area contributed by atoms with E-state index in [1.165, 1.54) is 0 Å². The first-order chi connectivity index (χ1) is 5.11. The third kappa shape index (κ3) is 1.67. The maximum atomic E-state index is 4.29. The summed E-state index contributed by atoms with van der Waals surface area (Å²) in [6.45, 7) is 4.00. The fraction of sp³-hybridized carbons (Fsp3) is 0.500. The summed E-state index contributed by atoms with van der Waals surface area (Å²) < 4.78 is 0. The van der Waals surface area contributed by atoms with Crippen molar-refractivity contribution in [1.29, 1.82) is 0 Å². The Morgan fingerprint density at radius 2 is 1.91 bits per heavy atom. The monoisotopic (exact) mass is 151 g/mol. The van der Waals surface area contributed by atoms with Crippen LogP contribution in [0.3, 0.4) is 0 Å². The van der Waals surface area contributed by atoms with Crippen molar-refractivity contribution in [2.75, 3.05) is 19.0 Å². The SMILES string of the molecule is Cc1cnc(N(C)C)nc1C. The van der Waals surface area contributed by atoms with E-state index in [0.717, 1.165) is 17.2 Å². The minimum atomic E-state index is 0.771. The number of hydrogen-bond donors (Lipinski definition) is 0. The molecule has 0 radical (unpaired) electrons. The van der Waals surface area contributed by atoms with Crippen LogP contribution in [-0.4, -0.2) is 24.1 Å². The molecule has 0 aromatic carbocycles. The first-order valence-electron chi connectivity index (χ1n) is 3.59. The minimum absolute atomic E-state index is 0.771. The summed E-state index contributed by atoms with van der Waals surface area (Å²) >= 11 is 0. The van der Waals surface area contributed by atoms with Gasteiger partial charge in [0.15, 0.2) is 0 Å². The van der Waals surface area contributed by atoms with Crippen molar-refractivity contribution in [3.63, 3.8) is 0 Å². The van der Waals surface area contributed by atoms with Gasteiger partial charge in [0.2, 0.25) is 5.95 Å². The van der Waals surface area contributed by atoms with Gasteiger partial charge >= 0.3 is 0 Å². The van der Waals surface area contributed by atoms with Gasteiger partial charge in [-0.15, -0.1) is 0 Å². The van der Waals surface area contributed by atoms with Crippen LogP contribution in [0.4, 0.5) is 5.95 Å². The van der Waals surface area contributed by atoms with Crippen LogP contribution in [0.25, 0.3) is 0 Å². The van der Waals surface area contributed by atoms with Crippen LogP contribution in [0.2, 0.25) is 0 Å². The van der Waals surface area contributed by atoms with E-state index < -0.39 is 0 Å². The summed E-state index contributed by atoms with van der Waals surface area (Å²) in [5.41, 5.74) is 2.18. The number of nitrogens with zero attached hydrogens (tertiary/aromatic N) is 3. The quantitative estimate of drug-likeness (QED) is 0.603. The highest BCUT2D eigenvalue weighted by Gasteiger charge is 1.99. The van der Waals surface area contributed by atoms with Crippen LogP contribution >= 0.6 is 0 Å². The normalized spacial score (nSPS) is 9.82. The largest absolute Gasteiger partial charge is 0.347 e. The van der Waals surface area contributed by atoms with Crippen molar-refractivity contribution < 1.29 is 0 Å². The third-order valence-electron chi connectivity index (χ3n) is 1.61. The predicted octanol–water partition coefficient (Wildman–Crippen LogP) is 1.16. The molecule has 1 heterocycles. The highest BCUT2D eigenvalue weighted by molar-refractivity contribution is 5.29. The van der Waals surface area contributed by atoms with Crippen LogP contribution in [0, 0.1) is 13.8 Å². The van der Waals surface area contributed by atoms with Crippen molar-refractivity contribution in [2.45, 2.75) is 13.8 Å². The van der Waals surface area contributed by atoms with Gasteiger partial charge in [-0.1, -0.05) is 0 Å². The summed E-state index contributed by atoms with van der Waals surface area (Å²) in [4.78, 5) is 10.3. The Morgan fingerprint density at radius 3 is 2.36 bits per heavy atom. The smallest absolute Gasteiger partial charge is 0.224 e. The van der Waals surface area contributed by atoms with Gasteiger partial charge in [-0.05, 0) is 19.4 Å². The predicted molar refractivity (Wildman–Crippen MR) is 45.8 cm³/mol. The average molecular weight is 151 g/mol. The van der Waals surface area contributed by atoms with E-state index in [9.17, 15) is 0 Å². The second kappa shape index (κ2) is 2.86. The zero-order chi connectivity index (χ0) is 8.43. The molecule has 11 heavy (non-hydrogen) atoms. The average Bonchev–Trinajstić information content (AvgIpc) is 1.94. The fourth-order valence-corrected chi connectivity index (χ4v) is 0.730. The minimum Gasteiger partial charge on any atom is -0.347 e. The van der Waals surface area contributed by atoms with Crippen LogP contribution in [0.15, 0.2) is 6.20 Å². The topological polar surface area (TPSA) is 29.0 Å². The summed E-state index contributed by atoms with van der Waals surface area (Å²) in [5, 5.41) is 0. The van der Waals surface area contributed by atoms with E-state index in [1.807, 2.05) is 39.0 Å². The molecule has 3 heteroatoms. The van der Waals surface area contributed by atoms with Crippen molar-refractivity contribution >= 4 is 5.95 Å².